The molecule has 1 unspecified atom stereocenters. The first-order chi connectivity index (χ1) is 20.0. The van der Waals surface area contributed by atoms with E-state index in [0.717, 1.165) is 38.0 Å². The van der Waals surface area contributed by atoms with Crippen LogP contribution in [-0.4, -0.2) is 36.4 Å². The lowest BCUT2D eigenvalue weighted by Gasteiger charge is -2.12. The summed E-state index contributed by atoms with van der Waals surface area (Å²) in [6.07, 6.45) is 31.9. The molecule has 0 aromatic heterocycles. The van der Waals surface area contributed by atoms with Crippen molar-refractivity contribution in [2.24, 2.45) is 5.92 Å². The second-order valence-electron chi connectivity index (χ2n) is 12.6. The molecular weight excluding hydrogens is 512 g/mol. The monoisotopic (exact) mass is 583 g/mol. The van der Waals surface area contributed by atoms with Gasteiger partial charge in [0.05, 0.1) is 0 Å². The number of aliphatic hydroxyl groups is 1. The molecule has 0 aliphatic heterocycles. The molecule has 0 radical (unpaired) electrons. The Kier molecular flexibility index (Phi) is 31.0. The van der Waals surface area contributed by atoms with E-state index >= 15 is 0 Å². The van der Waals surface area contributed by atoms with Crippen molar-refractivity contribution < 1.29 is 24.2 Å². The molecule has 244 valence electrons. The van der Waals surface area contributed by atoms with E-state index < -0.39 is 6.10 Å². The summed E-state index contributed by atoms with van der Waals surface area (Å²) in [6.45, 7) is 6.62. The molecule has 0 aliphatic carbocycles. The Bertz CT molecular complexity index is 564. The Morgan fingerprint density at radius 1 is 0.512 bits per heavy atom. The van der Waals surface area contributed by atoms with Crippen LogP contribution in [0.25, 0.3) is 0 Å². The van der Waals surface area contributed by atoms with Gasteiger partial charge in [-0.1, -0.05) is 168 Å². The van der Waals surface area contributed by atoms with E-state index in [0.29, 0.717) is 12.8 Å². The molecule has 0 aliphatic rings. The van der Waals surface area contributed by atoms with Gasteiger partial charge >= 0.3 is 11.9 Å². The van der Waals surface area contributed by atoms with Crippen molar-refractivity contribution in [1.29, 1.82) is 0 Å². The maximum atomic E-state index is 11.9. The topological polar surface area (TPSA) is 72.8 Å². The van der Waals surface area contributed by atoms with Crippen molar-refractivity contribution in [2.45, 2.75) is 200 Å². The first-order valence-corrected chi connectivity index (χ1v) is 18.0. The summed E-state index contributed by atoms with van der Waals surface area (Å²) < 4.78 is 10.2. The number of carbonyl (C=O) groups is 2. The van der Waals surface area contributed by atoms with E-state index in [-0.39, 0.29) is 25.2 Å². The number of hydrogen-bond acceptors (Lipinski definition) is 5. The van der Waals surface area contributed by atoms with Crippen LogP contribution in [0.1, 0.15) is 194 Å². The summed E-state index contributed by atoms with van der Waals surface area (Å²) in [4.78, 5) is 23.6. The third-order valence-electron chi connectivity index (χ3n) is 8.38. The minimum atomic E-state index is -0.952. The van der Waals surface area contributed by atoms with Crippen molar-refractivity contribution >= 4 is 11.9 Å². The SMILES string of the molecule is CCCCCCCC(=O)OC[C@@H](O)COC(=O)CCCCCCCCCCCCCCCCCCCCC(C)CC. The summed E-state index contributed by atoms with van der Waals surface area (Å²) in [5.74, 6) is 0.347. The maximum Gasteiger partial charge on any atom is 0.305 e. The van der Waals surface area contributed by atoms with Gasteiger partial charge in [0.25, 0.3) is 0 Å². The number of aliphatic hydroxyl groups excluding tert-OH is 1. The van der Waals surface area contributed by atoms with Gasteiger partial charge in [0.2, 0.25) is 0 Å². The second kappa shape index (κ2) is 31.8. The first-order valence-electron chi connectivity index (χ1n) is 18.0. The minimum Gasteiger partial charge on any atom is -0.463 e. The van der Waals surface area contributed by atoms with Gasteiger partial charge in [0, 0.05) is 12.8 Å². The van der Waals surface area contributed by atoms with E-state index in [2.05, 4.69) is 20.8 Å². The molecule has 0 spiro atoms. The van der Waals surface area contributed by atoms with Crippen LogP contribution in [0, 0.1) is 5.92 Å². The number of ether oxygens (including phenoxy) is 2. The Morgan fingerprint density at radius 2 is 0.829 bits per heavy atom. The summed E-state index contributed by atoms with van der Waals surface area (Å²) in [5.41, 5.74) is 0. The molecule has 1 N–H and O–H groups in total. The standard InChI is InChI=1S/C36H70O5/c1-4-6-7-22-26-29-35(38)40-31-34(37)32-41-36(39)30-27-24-21-19-17-15-13-11-9-8-10-12-14-16-18-20-23-25-28-33(3)5-2/h33-34,37H,4-32H2,1-3H3/t33?,34-/m1/s1. The predicted octanol–water partition coefficient (Wildman–Crippen LogP) is 10.6. The fraction of sp³-hybridized carbons (Fsp3) is 0.944. The molecule has 5 heteroatoms. The molecule has 0 aromatic carbocycles. The third-order valence-corrected chi connectivity index (χ3v) is 8.38. The molecule has 0 fully saturated rings. The fourth-order valence-corrected chi connectivity index (χ4v) is 5.24. The van der Waals surface area contributed by atoms with Gasteiger partial charge in [-0.3, -0.25) is 9.59 Å². The fourth-order valence-electron chi connectivity index (χ4n) is 5.24. The number of rotatable bonds is 32. The van der Waals surface area contributed by atoms with Crippen molar-refractivity contribution in [3.8, 4) is 0 Å². The zero-order valence-electron chi connectivity index (χ0n) is 27.7. The maximum absolute atomic E-state index is 11.9. The number of unbranched alkanes of at least 4 members (excludes halogenated alkanes) is 21. The van der Waals surface area contributed by atoms with Crippen LogP contribution in [0.2, 0.25) is 0 Å². The van der Waals surface area contributed by atoms with Crippen molar-refractivity contribution in [3.63, 3.8) is 0 Å². The van der Waals surface area contributed by atoms with E-state index in [9.17, 15) is 14.7 Å². The molecule has 5 nitrogen and oxygen atoms in total. The average Bonchev–Trinajstić information content (AvgIpc) is 2.97. The lowest BCUT2D eigenvalue weighted by atomic mass is 9.99. The lowest BCUT2D eigenvalue weighted by molar-refractivity contribution is -0.152. The molecule has 0 amide bonds. The van der Waals surface area contributed by atoms with Gasteiger partial charge in [-0.25, -0.2) is 0 Å². The van der Waals surface area contributed by atoms with Crippen LogP contribution in [0.15, 0.2) is 0 Å². The van der Waals surface area contributed by atoms with E-state index in [1.165, 1.54) is 128 Å². The molecule has 41 heavy (non-hydrogen) atoms. The van der Waals surface area contributed by atoms with Gasteiger partial charge < -0.3 is 14.6 Å². The number of hydrogen-bond donors (Lipinski definition) is 1. The first kappa shape index (κ1) is 39.9. The highest BCUT2D eigenvalue weighted by Crippen LogP contribution is 2.16. The second-order valence-corrected chi connectivity index (χ2v) is 12.6. The molecule has 0 aromatic rings. The Morgan fingerprint density at radius 3 is 1.17 bits per heavy atom. The third kappa shape index (κ3) is 31.7. The molecular formula is C36H70O5. The molecule has 0 saturated heterocycles. The number of carbonyl (C=O) groups excluding carboxylic acids is 2. The van der Waals surface area contributed by atoms with Gasteiger partial charge in [-0.05, 0) is 18.8 Å². The minimum absolute atomic E-state index is 0.110. The highest BCUT2D eigenvalue weighted by molar-refractivity contribution is 5.69. The molecule has 2 atom stereocenters. The molecule has 0 heterocycles. The normalized spacial score (nSPS) is 12.8. The van der Waals surface area contributed by atoms with Crippen LogP contribution in [0.3, 0.4) is 0 Å². The zero-order chi connectivity index (χ0) is 30.2. The van der Waals surface area contributed by atoms with Crippen LogP contribution in [0.4, 0.5) is 0 Å². The summed E-state index contributed by atoms with van der Waals surface area (Å²) >= 11 is 0. The van der Waals surface area contributed by atoms with Crippen LogP contribution >= 0.6 is 0 Å². The smallest absolute Gasteiger partial charge is 0.305 e. The Hall–Kier alpha value is -1.10. The Labute approximate surface area is 255 Å². The van der Waals surface area contributed by atoms with Gasteiger partial charge in [-0.2, -0.15) is 0 Å². The predicted molar refractivity (Wildman–Crippen MR) is 173 cm³/mol. The van der Waals surface area contributed by atoms with Gasteiger partial charge in [0.1, 0.15) is 19.3 Å². The summed E-state index contributed by atoms with van der Waals surface area (Å²) in [7, 11) is 0. The summed E-state index contributed by atoms with van der Waals surface area (Å²) in [6, 6.07) is 0. The molecule has 0 saturated carbocycles. The quantitative estimate of drug-likeness (QED) is 0.0631. The molecule has 0 bridgehead atoms. The summed E-state index contributed by atoms with van der Waals surface area (Å²) in [5, 5.41) is 9.89. The largest absolute Gasteiger partial charge is 0.463 e. The van der Waals surface area contributed by atoms with Crippen molar-refractivity contribution in [3.05, 3.63) is 0 Å². The molecule has 0 rings (SSSR count). The Balaban J connectivity index is 3.31. The van der Waals surface area contributed by atoms with Crippen molar-refractivity contribution in [2.75, 3.05) is 13.2 Å². The highest BCUT2D eigenvalue weighted by Gasteiger charge is 2.12. The van der Waals surface area contributed by atoms with Crippen LogP contribution < -0.4 is 0 Å². The van der Waals surface area contributed by atoms with Crippen LogP contribution in [-0.2, 0) is 19.1 Å². The van der Waals surface area contributed by atoms with E-state index in [4.69, 9.17) is 9.47 Å². The van der Waals surface area contributed by atoms with Crippen molar-refractivity contribution in [1.82, 2.24) is 0 Å². The van der Waals surface area contributed by atoms with Gasteiger partial charge in [-0.15, -0.1) is 0 Å². The highest BCUT2D eigenvalue weighted by atomic mass is 16.6. The average molecular weight is 583 g/mol. The van der Waals surface area contributed by atoms with Gasteiger partial charge in [0.15, 0.2) is 0 Å². The van der Waals surface area contributed by atoms with E-state index in [1.807, 2.05) is 0 Å². The number of esters is 2. The van der Waals surface area contributed by atoms with E-state index in [1.54, 1.807) is 0 Å². The zero-order valence-corrected chi connectivity index (χ0v) is 27.7. The van der Waals surface area contributed by atoms with Crippen LogP contribution in [0.5, 0.6) is 0 Å². The lowest BCUT2D eigenvalue weighted by Crippen LogP contribution is -2.25.